The lowest BCUT2D eigenvalue weighted by atomic mass is 9.89. The second kappa shape index (κ2) is 9.07. The molecular formula is C24H19N3O4S. The van der Waals surface area contributed by atoms with E-state index in [1.807, 2.05) is 19.1 Å². The summed E-state index contributed by atoms with van der Waals surface area (Å²) in [6, 6.07) is 15.5. The molecule has 0 aliphatic carbocycles. The maximum atomic E-state index is 13.5. The Hall–Kier alpha value is -3.91. The van der Waals surface area contributed by atoms with Gasteiger partial charge in [-0.15, -0.1) is 0 Å². The Morgan fingerprint density at radius 2 is 1.69 bits per heavy atom. The van der Waals surface area contributed by atoms with Crippen molar-refractivity contribution in [3.8, 4) is 5.88 Å². The molecule has 2 heterocycles. The van der Waals surface area contributed by atoms with Crippen LogP contribution in [0.5, 0.6) is 5.88 Å². The predicted octanol–water partition coefficient (Wildman–Crippen LogP) is 4.37. The highest BCUT2D eigenvalue weighted by Gasteiger charge is 2.24. The molecule has 0 aliphatic heterocycles. The number of pyridine rings is 1. The summed E-state index contributed by atoms with van der Waals surface area (Å²) in [6.45, 7) is 1.92. The van der Waals surface area contributed by atoms with Gasteiger partial charge in [0.1, 0.15) is 11.0 Å². The van der Waals surface area contributed by atoms with Crippen LogP contribution in [0.4, 0.5) is 0 Å². The van der Waals surface area contributed by atoms with E-state index in [0.717, 1.165) is 17.3 Å². The number of aliphatic carboxylic acids is 1. The number of rotatable bonds is 7. The van der Waals surface area contributed by atoms with Gasteiger partial charge in [-0.25, -0.2) is 9.78 Å². The van der Waals surface area contributed by atoms with Crippen molar-refractivity contribution in [3.05, 3.63) is 88.6 Å². The monoisotopic (exact) mass is 445 g/mol. The Labute approximate surface area is 188 Å². The van der Waals surface area contributed by atoms with Gasteiger partial charge in [-0.1, -0.05) is 42.0 Å². The van der Waals surface area contributed by atoms with Crippen LogP contribution in [0, 0.1) is 6.92 Å². The summed E-state index contributed by atoms with van der Waals surface area (Å²) in [5, 5.41) is 10.1. The van der Waals surface area contributed by atoms with Gasteiger partial charge < -0.3 is 9.84 Å². The van der Waals surface area contributed by atoms with Crippen LogP contribution in [-0.4, -0.2) is 37.7 Å². The summed E-state index contributed by atoms with van der Waals surface area (Å²) in [7, 11) is 1.51. The molecule has 1 N–H and O–H groups in total. The first-order valence-corrected chi connectivity index (χ1v) is 10.5. The van der Waals surface area contributed by atoms with Gasteiger partial charge in [0.15, 0.2) is 5.78 Å². The maximum absolute atomic E-state index is 13.5. The second-order valence-corrected chi connectivity index (χ2v) is 7.74. The zero-order valence-electron chi connectivity index (χ0n) is 17.4. The first-order valence-electron chi connectivity index (χ1n) is 9.75. The van der Waals surface area contributed by atoms with E-state index in [0.29, 0.717) is 33.6 Å². The Morgan fingerprint density at radius 1 is 0.969 bits per heavy atom. The van der Waals surface area contributed by atoms with Crippen molar-refractivity contribution in [2.24, 2.45) is 0 Å². The number of aromatic nitrogens is 3. The number of carboxylic acids is 1. The van der Waals surface area contributed by atoms with Crippen molar-refractivity contribution in [1.82, 2.24) is 13.7 Å². The first-order chi connectivity index (χ1) is 15.5. The average molecular weight is 446 g/mol. The molecule has 2 aromatic heterocycles. The van der Waals surface area contributed by atoms with Gasteiger partial charge in [0.2, 0.25) is 5.88 Å². The lowest BCUT2D eigenvalue weighted by molar-refractivity contribution is -0.130. The molecule has 0 fully saturated rings. The molecule has 2 aromatic carbocycles. The number of ether oxygens (including phenoxy) is 1. The van der Waals surface area contributed by atoms with Crippen LogP contribution in [0.15, 0.2) is 66.4 Å². The minimum absolute atomic E-state index is 0.0682. The lowest BCUT2D eigenvalue weighted by Gasteiger charge is -2.13. The fraction of sp³-hybridized carbons (Fsp3) is 0.125. The quantitative estimate of drug-likeness (QED) is 0.333. The van der Waals surface area contributed by atoms with Crippen LogP contribution in [0.25, 0.3) is 16.6 Å². The number of nitrogens with zero attached hydrogens (tertiary/aromatic N) is 3. The number of aryl methyl sites for hydroxylation is 1. The van der Waals surface area contributed by atoms with E-state index in [1.54, 1.807) is 48.7 Å². The Kier molecular flexibility index (Phi) is 6.04. The van der Waals surface area contributed by atoms with Crippen molar-refractivity contribution in [2.45, 2.75) is 13.3 Å². The van der Waals surface area contributed by atoms with Crippen LogP contribution in [0.3, 0.4) is 0 Å². The van der Waals surface area contributed by atoms with Gasteiger partial charge in [-0.3, -0.25) is 4.79 Å². The summed E-state index contributed by atoms with van der Waals surface area (Å²) in [5.74, 6) is -1.11. The average Bonchev–Trinajstić information content (AvgIpc) is 3.27. The third-order valence-corrected chi connectivity index (χ3v) is 5.59. The number of allylic oxidation sites excluding steroid dienone is 1. The molecule has 7 nitrogen and oxygen atoms in total. The molecule has 0 atom stereocenters. The first kappa shape index (κ1) is 21.3. The number of carboxylic acid groups (broad SMARTS) is 1. The highest BCUT2D eigenvalue weighted by molar-refractivity contribution is 7.00. The van der Waals surface area contributed by atoms with Crippen LogP contribution < -0.4 is 4.74 Å². The molecule has 4 aromatic rings. The summed E-state index contributed by atoms with van der Waals surface area (Å²) in [5.41, 5.74) is 3.87. The Bertz CT molecular complexity index is 1330. The number of ketones is 1. The Morgan fingerprint density at radius 3 is 2.34 bits per heavy atom. The van der Waals surface area contributed by atoms with Crippen molar-refractivity contribution in [3.63, 3.8) is 0 Å². The van der Waals surface area contributed by atoms with Gasteiger partial charge in [-0.2, -0.15) is 8.75 Å². The van der Waals surface area contributed by atoms with Crippen molar-refractivity contribution >= 4 is 40.1 Å². The van der Waals surface area contributed by atoms with Gasteiger partial charge in [0, 0.05) is 29.8 Å². The third kappa shape index (κ3) is 4.40. The van der Waals surface area contributed by atoms with Gasteiger partial charge >= 0.3 is 5.97 Å². The van der Waals surface area contributed by atoms with E-state index in [9.17, 15) is 14.7 Å². The smallest absolute Gasteiger partial charge is 0.336 e. The molecule has 4 rings (SSSR count). The molecule has 32 heavy (non-hydrogen) atoms. The van der Waals surface area contributed by atoms with E-state index >= 15 is 0 Å². The third-order valence-electron chi connectivity index (χ3n) is 5.03. The van der Waals surface area contributed by atoms with E-state index in [2.05, 4.69) is 13.7 Å². The van der Waals surface area contributed by atoms with Crippen molar-refractivity contribution < 1.29 is 19.4 Å². The number of fused-ring (bicyclic) bond motifs is 1. The van der Waals surface area contributed by atoms with Crippen molar-refractivity contribution in [1.29, 1.82) is 0 Å². The maximum Gasteiger partial charge on any atom is 0.336 e. The highest BCUT2D eigenvalue weighted by Crippen LogP contribution is 2.28. The molecular weight excluding hydrogens is 426 g/mol. The Balaban J connectivity index is 1.88. The van der Waals surface area contributed by atoms with Gasteiger partial charge in [0.05, 0.1) is 24.4 Å². The SMILES string of the molecule is COc1ccc(CC(C(=O)c2ccc(C)cc2)=C(C(=O)O)c2ccc3nsnc3c2)cn1. The molecule has 8 heteroatoms. The molecule has 0 saturated carbocycles. The fourth-order valence-corrected chi connectivity index (χ4v) is 3.88. The van der Waals surface area contributed by atoms with Crippen LogP contribution in [0.2, 0.25) is 0 Å². The fourth-order valence-electron chi connectivity index (χ4n) is 3.37. The summed E-state index contributed by atoms with van der Waals surface area (Å²) in [4.78, 5) is 30.1. The molecule has 0 bridgehead atoms. The molecule has 0 aliphatic rings. The minimum atomic E-state index is -1.19. The minimum Gasteiger partial charge on any atom is -0.481 e. The zero-order chi connectivity index (χ0) is 22.7. The number of Topliss-reactive ketones (excluding diaryl/α,β-unsaturated/α-hetero) is 1. The number of hydrogen-bond donors (Lipinski definition) is 1. The van der Waals surface area contributed by atoms with E-state index < -0.39 is 5.97 Å². The van der Waals surface area contributed by atoms with Gasteiger partial charge in [-0.05, 0) is 30.2 Å². The molecule has 160 valence electrons. The van der Waals surface area contributed by atoms with Crippen LogP contribution in [0.1, 0.15) is 27.0 Å². The summed E-state index contributed by atoms with van der Waals surface area (Å²) in [6.07, 6.45) is 1.67. The number of carbonyl (C=O) groups excluding carboxylic acids is 1. The molecule has 0 unspecified atom stereocenters. The highest BCUT2D eigenvalue weighted by atomic mass is 32.1. The molecule has 0 saturated heterocycles. The van der Waals surface area contributed by atoms with E-state index in [4.69, 9.17) is 4.74 Å². The molecule has 0 amide bonds. The number of benzene rings is 2. The normalized spacial score (nSPS) is 11.8. The lowest BCUT2D eigenvalue weighted by Crippen LogP contribution is -2.14. The van der Waals surface area contributed by atoms with E-state index in [-0.39, 0.29) is 23.4 Å². The van der Waals surface area contributed by atoms with Crippen LogP contribution in [-0.2, 0) is 11.2 Å². The molecule has 0 radical (unpaired) electrons. The standard InChI is InChI=1S/C24H19N3O4S/c1-14-3-6-16(7-4-14)23(28)18(11-15-5-10-21(31-2)25-13-15)22(24(29)30)17-8-9-19-20(12-17)27-32-26-19/h3-10,12-13H,11H2,1-2H3,(H,29,30). The predicted molar refractivity (Wildman–Crippen MR) is 122 cm³/mol. The summed E-state index contributed by atoms with van der Waals surface area (Å²) >= 11 is 1.05. The number of methoxy groups -OCH3 is 1. The largest absolute Gasteiger partial charge is 0.481 e. The van der Waals surface area contributed by atoms with Crippen molar-refractivity contribution in [2.75, 3.05) is 7.11 Å². The number of hydrogen-bond acceptors (Lipinski definition) is 7. The topological polar surface area (TPSA) is 102 Å². The van der Waals surface area contributed by atoms with E-state index in [1.165, 1.54) is 7.11 Å². The second-order valence-electron chi connectivity index (χ2n) is 7.21. The summed E-state index contributed by atoms with van der Waals surface area (Å²) < 4.78 is 13.5. The number of carbonyl (C=O) groups is 2. The molecule has 0 spiro atoms. The zero-order valence-corrected chi connectivity index (χ0v) is 18.2. The van der Waals surface area contributed by atoms with Crippen LogP contribution >= 0.6 is 11.7 Å². The van der Waals surface area contributed by atoms with Gasteiger partial charge in [0.25, 0.3) is 0 Å².